The van der Waals surface area contributed by atoms with Crippen LogP contribution in [0.25, 0.3) is 23.1 Å². The molecule has 3 rings (SSSR count). The van der Waals surface area contributed by atoms with Gasteiger partial charge in [-0.3, -0.25) is 4.79 Å². The standard InChI is InChI=1S/C23H22O5/c1-3-4-13-27-22-20(11-9-16-7-5-15(2)6-8-16)28-19-12-10-17(23(25)26)14-18(19)21(22)24/h5-12,14H,3-4,13H2,1-2H3,(H,25,26). The Kier molecular flexibility index (Phi) is 5.94. The lowest BCUT2D eigenvalue weighted by molar-refractivity contribution is 0.0697. The van der Waals surface area contributed by atoms with Crippen LogP contribution >= 0.6 is 0 Å². The van der Waals surface area contributed by atoms with Gasteiger partial charge in [-0.25, -0.2) is 4.79 Å². The molecule has 5 heteroatoms. The summed E-state index contributed by atoms with van der Waals surface area (Å²) in [6.07, 6.45) is 5.28. The Labute approximate surface area is 162 Å². The molecule has 3 aromatic rings. The summed E-state index contributed by atoms with van der Waals surface area (Å²) in [4.78, 5) is 24.2. The van der Waals surface area contributed by atoms with Crippen LogP contribution in [-0.2, 0) is 0 Å². The van der Waals surface area contributed by atoms with E-state index in [0.29, 0.717) is 18.0 Å². The van der Waals surface area contributed by atoms with Crippen LogP contribution in [0.4, 0.5) is 0 Å². The summed E-state index contributed by atoms with van der Waals surface area (Å²) in [5.41, 5.74) is 2.11. The summed E-state index contributed by atoms with van der Waals surface area (Å²) >= 11 is 0. The summed E-state index contributed by atoms with van der Waals surface area (Å²) in [5.74, 6) is -0.679. The zero-order chi connectivity index (χ0) is 20.1. The van der Waals surface area contributed by atoms with Crippen molar-refractivity contribution < 1.29 is 19.1 Å². The van der Waals surface area contributed by atoms with Gasteiger partial charge in [-0.2, -0.15) is 0 Å². The zero-order valence-corrected chi connectivity index (χ0v) is 15.9. The number of carbonyl (C=O) groups is 1. The van der Waals surface area contributed by atoms with E-state index >= 15 is 0 Å². The average molecular weight is 378 g/mol. The van der Waals surface area contributed by atoms with E-state index in [9.17, 15) is 14.7 Å². The first-order valence-corrected chi connectivity index (χ1v) is 9.21. The van der Waals surface area contributed by atoms with Crippen molar-refractivity contribution in [2.45, 2.75) is 26.7 Å². The average Bonchev–Trinajstić information content (AvgIpc) is 2.69. The highest BCUT2D eigenvalue weighted by Gasteiger charge is 2.16. The number of ether oxygens (including phenoxy) is 1. The van der Waals surface area contributed by atoms with Crippen molar-refractivity contribution >= 4 is 29.1 Å². The molecular weight excluding hydrogens is 356 g/mol. The fourth-order valence-corrected chi connectivity index (χ4v) is 2.74. The van der Waals surface area contributed by atoms with Gasteiger partial charge in [0.2, 0.25) is 11.2 Å². The number of carboxylic acid groups (broad SMARTS) is 1. The summed E-state index contributed by atoms with van der Waals surface area (Å²) in [6.45, 7) is 4.43. The number of rotatable bonds is 7. The number of aryl methyl sites for hydroxylation is 1. The summed E-state index contributed by atoms with van der Waals surface area (Å²) in [5, 5.41) is 9.38. The van der Waals surface area contributed by atoms with E-state index in [1.165, 1.54) is 18.2 Å². The maximum absolute atomic E-state index is 13.0. The third kappa shape index (κ3) is 4.31. The fourth-order valence-electron chi connectivity index (χ4n) is 2.74. The van der Waals surface area contributed by atoms with Gasteiger partial charge in [0, 0.05) is 0 Å². The molecule has 0 radical (unpaired) electrons. The van der Waals surface area contributed by atoms with Crippen LogP contribution < -0.4 is 10.2 Å². The van der Waals surface area contributed by atoms with Crippen molar-refractivity contribution in [1.82, 2.24) is 0 Å². The minimum absolute atomic E-state index is 0.0299. The van der Waals surface area contributed by atoms with Crippen molar-refractivity contribution in [1.29, 1.82) is 0 Å². The second kappa shape index (κ2) is 8.57. The van der Waals surface area contributed by atoms with E-state index in [4.69, 9.17) is 9.15 Å². The van der Waals surface area contributed by atoms with E-state index in [0.717, 1.165) is 24.0 Å². The van der Waals surface area contributed by atoms with E-state index in [-0.39, 0.29) is 22.1 Å². The van der Waals surface area contributed by atoms with Crippen LogP contribution in [0.2, 0.25) is 0 Å². The molecule has 0 aliphatic heterocycles. The normalized spacial score (nSPS) is 11.2. The largest absolute Gasteiger partial charge is 0.486 e. The van der Waals surface area contributed by atoms with Crippen LogP contribution in [0.5, 0.6) is 5.75 Å². The molecule has 0 atom stereocenters. The second-order valence-electron chi connectivity index (χ2n) is 6.59. The molecule has 0 aliphatic carbocycles. The molecule has 0 amide bonds. The Balaban J connectivity index is 2.09. The SMILES string of the molecule is CCCCOc1c(C=Cc2ccc(C)cc2)oc2ccc(C(=O)O)cc2c1=O. The third-order valence-corrected chi connectivity index (χ3v) is 4.37. The highest BCUT2D eigenvalue weighted by molar-refractivity contribution is 5.93. The van der Waals surface area contributed by atoms with Crippen LogP contribution in [0, 0.1) is 6.92 Å². The molecule has 2 aromatic carbocycles. The number of unbranched alkanes of at least 4 members (excludes halogenated alkanes) is 1. The Hall–Kier alpha value is -3.34. The Morgan fingerprint density at radius 3 is 2.57 bits per heavy atom. The van der Waals surface area contributed by atoms with Gasteiger partial charge in [0.05, 0.1) is 17.6 Å². The van der Waals surface area contributed by atoms with Crippen molar-refractivity contribution in [3.05, 3.63) is 75.1 Å². The highest BCUT2D eigenvalue weighted by atomic mass is 16.5. The molecule has 0 bridgehead atoms. The summed E-state index contributed by atoms with van der Waals surface area (Å²) < 4.78 is 11.6. The molecule has 0 fully saturated rings. The molecule has 144 valence electrons. The quantitative estimate of drug-likeness (QED) is 0.576. The predicted molar refractivity (Wildman–Crippen MR) is 110 cm³/mol. The van der Waals surface area contributed by atoms with Crippen LogP contribution in [0.15, 0.2) is 51.7 Å². The lowest BCUT2D eigenvalue weighted by Crippen LogP contribution is -2.12. The fraction of sp³-hybridized carbons (Fsp3) is 0.217. The van der Waals surface area contributed by atoms with E-state index < -0.39 is 5.97 Å². The monoisotopic (exact) mass is 378 g/mol. The molecule has 0 saturated carbocycles. The number of fused-ring (bicyclic) bond motifs is 1. The predicted octanol–water partition coefficient (Wildman–Crippen LogP) is 5.15. The van der Waals surface area contributed by atoms with Gasteiger partial charge in [0.25, 0.3) is 0 Å². The first kappa shape index (κ1) is 19.4. The van der Waals surface area contributed by atoms with Gasteiger partial charge in [-0.1, -0.05) is 49.2 Å². The van der Waals surface area contributed by atoms with E-state index in [2.05, 4.69) is 0 Å². The number of benzene rings is 2. The van der Waals surface area contributed by atoms with Gasteiger partial charge >= 0.3 is 5.97 Å². The summed E-state index contributed by atoms with van der Waals surface area (Å²) in [7, 11) is 0. The molecule has 1 N–H and O–H groups in total. The van der Waals surface area contributed by atoms with Crippen LogP contribution in [0.3, 0.4) is 0 Å². The number of hydrogen-bond acceptors (Lipinski definition) is 4. The second-order valence-corrected chi connectivity index (χ2v) is 6.59. The molecule has 0 spiro atoms. The smallest absolute Gasteiger partial charge is 0.335 e. The Morgan fingerprint density at radius 1 is 1.14 bits per heavy atom. The molecule has 28 heavy (non-hydrogen) atoms. The van der Waals surface area contributed by atoms with Crippen LogP contribution in [-0.4, -0.2) is 17.7 Å². The molecular formula is C23H22O5. The molecule has 1 heterocycles. The Bertz CT molecular complexity index is 1070. The third-order valence-electron chi connectivity index (χ3n) is 4.37. The number of carboxylic acids is 1. The molecule has 1 aromatic heterocycles. The van der Waals surface area contributed by atoms with Gasteiger partial charge < -0.3 is 14.3 Å². The Morgan fingerprint density at radius 2 is 1.89 bits per heavy atom. The van der Waals surface area contributed by atoms with E-state index in [1.807, 2.05) is 44.2 Å². The molecule has 0 unspecified atom stereocenters. The lowest BCUT2D eigenvalue weighted by Gasteiger charge is -2.09. The van der Waals surface area contributed by atoms with Crippen molar-refractivity contribution in [2.75, 3.05) is 6.61 Å². The van der Waals surface area contributed by atoms with Gasteiger partial charge in [0.15, 0.2) is 5.76 Å². The number of hydrogen-bond donors (Lipinski definition) is 1. The van der Waals surface area contributed by atoms with Gasteiger partial charge in [-0.05, 0) is 43.2 Å². The molecule has 0 saturated heterocycles. The molecule has 5 nitrogen and oxygen atoms in total. The van der Waals surface area contributed by atoms with Crippen LogP contribution in [0.1, 0.15) is 47.0 Å². The van der Waals surface area contributed by atoms with E-state index in [1.54, 1.807) is 6.08 Å². The van der Waals surface area contributed by atoms with Crippen molar-refractivity contribution in [3.8, 4) is 5.75 Å². The van der Waals surface area contributed by atoms with Crippen molar-refractivity contribution in [3.63, 3.8) is 0 Å². The van der Waals surface area contributed by atoms with Crippen molar-refractivity contribution in [2.24, 2.45) is 0 Å². The maximum Gasteiger partial charge on any atom is 0.335 e. The minimum atomic E-state index is -1.10. The molecule has 0 aliphatic rings. The topological polar surface area (TPSA) is 76.7 Å². The summed E-state index contributed by atoms with van der Waals surface area (Å²) in [6, 6.07) is 12.2. The van der Waals surface area contributed by atoms with Gasteiger partial charge in [-0.15, -0.1) is 0 Å². The first-order chi connectivity index (χ1) is 13.5. The minimum Gasteiger partial charge on any atom is -0.486 e. The first-order valence-electron chi connectivity index (χ1n) is 9.21. The maximum atomic E-state index is 13.0. The zero-order valence-electron chi connectivity index (χ0n) is 15.9. The number of aromatic carboxylic acids is 1. The highest BCUT2D eigenvalue weighted by Crippen LogP contribution is 2.24. The lowest BCUT2D eigenvalue weighted by atomic mass is 10.1. The van der Waals surface area contributed by atoms with Gasteiger partial charge in [0.1, 0.15) is 5.58 Å².